The van der Waals surface area contributed by atoms with Gasteiger partial charge in [0.1, 0.15) is 25.6 Å². The van der Waals surface area contributed by atoms with Gasteiger partial charge in [0.15, 0.2) is 38.9 Å². The summed E-state index contributed by atoms with van der Waals surface area (Å²) in [5.41, 5.74) is 0. The smallest absolute Gasteiger partial charge is 0.245 e. The molecule has 19 nitrogen and oxygen atoms in total. The van der Waals surface area contributed by atoms with E-state index in [1.54, 1.807) is 0 Å². The molecule has 7 unspecified atom stereocenters. The molecular weight excluding hydrogens is 1330 g/mol. The van der Waals surface area contributed by atoms with Crippen molar-refractivity contribution < 1.29 is 60.4 Å². The molecule has 572 valence electrons. The van der Waals surface area contributed by atoms with Crippen molar-refractivity contribution in [3.63, 3.8) is 0 Å². The Labute approximate surface area is 608 Å². The van der Waals surface area contributed by atoms with Crippen LogP contribution in [0.5, 0.6) is 0 Å². The maximum Gasteiger partial charge on any atom is 0.245 e. The van der Waals surface area contributed by atoms with E-state index in [1.165, 1.54) is 35.3 Å². The molecule has 0 aliphatic carbocycles. The molecule has 0 N–H and O–H groups in total. The second-order valence-electron chi connectivity index (χ2n) is 28.5. The van der Waals surface area contributed by atoms with Gasteiger partial charge in [0.25, 0.3) is 0 Å². The standard InChI is InChI=1S/C71H153N9O10P3S3/c1-30-78(31-2,32-3)50-69(81)94-49-48-84-46-47-89-92(73(59(14)15)60(16)17)75(62(20)21)66(27)41-43-68(29)77(64(24)25)93(90-54-86-53-87-56-96-71(83)52-80(36-7,37-8)38-9)76(63(22)23)67(28)42-40-65(26)74(61(18)19)91(72(57(10)11)58(12)13)88-45-39-44-85-55-95-70(82)51-79(33-4,34-5)35-6/h57-68H,30-56H2,1-29H3/q+3. The van der Waals surface area contributed by atoms with Gasteiger partial charge in [-0.1, -0.05) is 35.3 Å². The van der Waals surface area contributed by atoms with Crippen molar-refractivity contribution in [1.29, 1.82) is 0 Å². The van der Waals surface area contributed by atoms with Crippen LogP contribution in [-0.4, -0.2) is 272 Å². The Morgan fingerprint density at radius 2 is 0.604 bits per heavy atom. The lowest BCUT2D eigenvalue weighted by Gasteiger charge is -2.48. The van der Waals surface area contributed by atoms with Crippen molar-refractivity contribution in [2.45, 2.75) is 305 Å². The molecule has 0 aliphatic heterocycles. The lowest BCUT2D eigenvalue weighted by atomic mass is 10.1. The van der Waals surface area contributed by atoms with E-state index in [0.717, 1.165) is 104 Å². The topological polar surface area (TPSA) is 135 Å². The van der Waals surface area contributed by atoms with E-state index >= 15 is 0 Å². The Hall–Kier alpha value is 0.710. The van der Waals surface area contributed by atoms with Crippen LogP contribution in [0.25, 0.3) is 0 Å². The molecule has 25 heteroatoms. The molecule has 96 heavy (non-hydrogen) atoms. The first kappa shape index (κ1) is 96.7. The van der Waals surface area contributed by atoms with E-state index in [2.05, 4.69) is 229 Å². The Bertz CT molecular complexity index is 1850. The van der Waals surface area contributed by atoms with Crippen LogP contribution in [0.2, 0.25) is 0 Å². The van der Waals surface area contributed by atoms with E-state index in [4.69, 9.17) is 32.5 Å². The molecule has 0 aromatic rings. The quantitative estimate of drug-likeness (QED) is 0.0247. The summed E-state index contributed by atoms with van der Waals surface area (Å²) in [5, 5.41) is 0.573. The number of carbonyl (C=O) groups excluding carboxylic acids is 3. The number of nitrogens with zero attached hydrogens (tertiary/aromatic N) is 9. The molecule has 0 saturated heterocycles. The van der Waals surface area contributed by atoms with E-state index in [0.29, 0.717) is 64.4 Å². The maximum absolute atomic E-state index is 13.1. The molecule has 0 amide bonds. The SMILES string of the molecule is CC[N+](CC)(CC)CC(=O)SCCOCCOP(N(C(C)C)C(C)C)N(C(C)C)C(C)CCC(C)N(C(C)C)P(OCOCOCSC(=O)C[N+](CC)(CC)CC)N(C(C)C)C(C)CCC(C)N(C(C)C)P(OCCCOCSC(=O)C[N+](CC)(CC)CC)N(C(C)C)C(C)C. The minimum absolute atomic E-state index is 0.0239. The van der Waals surface area contributed by atoms with Gasteiger partial charge in [-0.2, -0.15) is 0 Å². The highest BCUT2D eigenvalue weighted by molar-refractivity contribution is 8.14. The fourth-order valence-corrected chi connectivity index (χ4v) is 22.3. The number of ether oxygens (including phenoxy) is 4. The number of hydrogen-bond acceptors (Lipinski definition) is 19. The minimum Gasteiger partial charge on any atom is -0.378 e. The molecule has 0 fully saturated rings. The van der Waals surface area contributed by atoms with Crippen LogP contribution in [0, 0.1) is 0 Å². The number of rotatable bonds is 60. The van der Waals surface area contributed by atoms with Gasteiger partial charge in [0, 0.05) is 84.9 Å². The van der Waals surface area contributed by atoms with Crippen LogP contribution >= 0.6 is 60.6 Å². The average molecular weight is 1480 g/mol. The molecule has 0 aliphatic rings. The molecule has 0 spiro atoms. The minimum atomic E-state index is -1.38. The van der Waals surface area contributed by atoms with E-state index in [-0.39, 0.29) is 107 Å². The summed E-state index contributed by atoms with van der Waals surface area (Å²) in [6.45, 7) is 78.4. The lowest BCUT2D eigenvalue weighted by molar-refractivity contribution is -0.915. The van der Waals surface area contributed by atoms with Crippen LogP contribution in [0.1, 0.15) is 233 Å². The van der Waals surface area contributed by atoms with Gasteiger partial charge in [0.05, 0.1) is 91.3 Å². The number of carbonyl (C=O) groups is 3. The summed E-state index contributed by atoms with van der Waals surface area (Å²) in [6, 6.07) is 2.50. The monoisotopic (exact) mass is 1480 g/mol. The van der Waals surface area contributed by atoms with Crippen LogP contribution in [0.3, 0.4) is 0 Å². The zero-order valence-electron chi connectivity index (χ0n) is 67.2. The van der Waals surface area contributed by atoms with Gasteiger partial charge in [-0.25, -0.2) is 28.0 Å². The van der Waals surface area contributed by atoms with Crippen LogP contribution in [-0.2, 0) is 46.9 Å². The third-order valence-electron chi connectivity index (χ3n) is 19.2. The normalized spacial score (nSPS) is 15.5. The van der Waals surface area contributed by atoms with Gasteiger partial charge < -0.3 is 46.0 Å². The molecule has 0 rings (SSSR count). The largest absolute Gasteiger partial charge is 0.378 e. The highest BCUT2D eigenvalue weighted by Gasteiger charge is 2.41. The number of quaternary nitrogens is 3. The molecule has 0 radical (unpaired) electrons. The van der Waals surface area contributed by atoms with Crippen molar-refractivity contribution in [1.82, 2.24) is 28.0 Å². The number of thioether (sulfide) groups is 3. The van der Waals surface area contributed by atoms with Crippen LogP contribution < -0.4 is 0 Å². The predicted molar refractivity (Wildman–Crippen MR) is 418 cm³/mol. The highest BCUT2D eigenvalue weighted by atomic mass is 32.2. The summed E-state index contributed by atoms with van der Waals surface area (Å²) < 4.78 is 63.7. The number of likely N-dealkylation sites (N-methyl/N-ethyl adjacent to an activating group) is 3. The van der Waals surface area contributed by atoms with Gasteiger partial charge in [-0.3, -0.25) is 14.4 Å². The lowest BCUT2D eigenvalue weighted by Crippen LogP contribution is -2.50. The van der Waals surface area contributed by atoms with Crippen molar-refractivity contribution in [3.8, 4) is 0 Å². The van der Waals surface area contributed by atoms with Crippen LogP contribution in [0.15, 0.2) is 0 Å². The first-order valence-corrected chi connectivity index (χ1v) is 44.0. The molecule has 0 aromatic heterocycles. The molecule has 0 bridgehead atoms. The zero-order valence-corrected chi connectivity index (χ0v) is 72.3. The highest BCUT2D eigenvalue weighted by Crippen LogP contribution is 2.55. The predicted octanol–water partition coefficient (Wildman–Crippen LogP) is 16.6. The molecule has 0 aromatic carbocycles. The first-order valence-electron chi connectivity index (χ1n) is 37.5. The maximum atomic E-state index is 13.1. The molecular formula is C71H153N9O10P3S3+3. The summed E-state index contributed by atoms with van der Waals surface area (Å²) in [7, 11) is -3.70. The van der Waals surface area contributed by atoms with Crippen molar-refractivity contribution >= 4 is 76.0 Å². The molecule has 0 heterocycles. The van der Waals surface area contributed by atoms with Gasteiger partial charge in [-0.15, -0.1) is 0 Å². The van der Waals surface area contributed by atoms with Gasteiger partial charge in [0.2, 0.25) is 15.3 Å². The Morgan fingerprint density at radius 3 is 0.917 bits per heavy atom. The fraction of sp³-hybridized carbons (Fsp3) is 0.958. The molecule has 0 saturated carbocycles. The summed E-state index contributed by atoms with van der Waals surface area (Å²) >= 11 is 3.92. The Balaban J connectivity index is 6.98. The van der Waals surface area contributed by atoms with Crippen molar-refractivity contribution in [2.24, 2.45) is 0 Å². The Kier molecular flexibility index (Phi) is 53.0. The summed E-state index contributed by atoms with van der Waals surface area (Å²) in [4.78, 5) is 39.1. The number of hydrogen-bond donors (Lipinski definition) is 0. The van der Waals surface area contributed by atoms with Crippen molar-refractivity contribution in [2.75, 3.05) is 143 Å². The van der Waals surface area contributed by atoms with Gasteiger partial charge >= 0.3 is 0 Å². The van der Waals surface area contributed by atoms with E-state index < -0.39 is 25.3 Å². The second-order valence-corrected chi connectivity index (χ2v) is 36.7. The van der Waals surface area contributed by atoms with E-state index in [1.807, 2.05) is 0 Å². The van der Waals surface area contributed by atoms with Crippen molar-refractivity contribution in [3.05, 3.63) is 0 Å². The third-order valence-corrected chi connectivity index (χ3v) is 30.3. The first-order chi connectivity index (χ1) is 45.2. The van der Waals surface area contributed by atoms with E-state index in [9.17, 15) is 14.4 Å². The van der Waals surface area contributed by atoms with Crippen LogP contribution in [0.4, 0.5) is 0 Å². The third kappa shape index (κ3) is 34.7. The zero-order chi connectivity index (χ0) is 73.5. The average Bonchev–Trinajstić information content (AvgIpc) is 0.834. The summed E-state index contributed by atoms with van der Waals surface area (Å²) in [5.74, 6) is 1.24. The Morgan fingerprint density at radius 1 is 0.312 bits per heavy atom. The van der Waals surface area contributed by atoms with Gasteiger partial charge in [-0.05, 0) is 233 Å². The second kappa shape index (κ2) is 52.6. The summed E-state index contributed by atoms with van der Waals surface area (Å²) in [6.07, 6.45) is 4.52. The fourth-order valence-electron chi connectivity index (χ4n) is 13.0. The molecule has 7 atom stereocenters.